The summed E-state index contributed by atoms with van der Waals surface area (Å²) in [5.74, 6) is 0.0143. The number of carbonyl (C=O) groups is 2. The summed E-state index contributed by atoms with van der Waals surface area (Å²) < 4.78 is 5.23. The van der Waals surface area contributed by atoms with E-state index in [1.54, 1.807) is 0 Å². The fraction of sp³-hybridized carbons (Fsp3) is 0.286. The summed E-state index contributed by atoms with van der Waals surface area (Å²) in [7, 11) is 0. The molecule has 0 aliphatic carbocycles. The van der Waals surface area contributed by atoms with E-state index in [0.717, 1.165) is 11.3 Å². The largest absolute Gasteiger partial charge is 0.444 e. The Bertz CT molecular complexity index is 545. The SMILES string of the molecule is Cl.O=C1CN(C(=O)OCc2ccccc2)C2=CCNC12. The smallest absolute Gasteiger partial charge is 0.414 e. The third kappa shape index (κ3) is 2.69. The Kier molecular flexibility index (Phi) is 4.42. The van der Waals surface area contributed by atoms with Gasteiger partial charge < -0.3 is 4.74 Å². The zero-order valence-corrected chi connectivity index (χ0v) is 11.6. The highest BCUT2D eigenvalue weighted by atomic mass is 35.5. The lowest BCUT2D eigenvalue weighted by molar-refractivity contribution is -0.118. The number of Topliss-reactive ketones (excluding diaryl/α,β-unsaturated/α-hetero) is 1. The molecular weight excluding hydrogens is 280 g/mol. The summed E-state index contributed by atoms with van der Waals surface area (Å²) in [6.45, 7) is 0.932. The van der Waals surface area contributed by atoms with Crippen molar-refractivity contribution >= 4 is 24.3 Å². The second kappa shape index (κ2) is 6.07. The van der Waals surface area contributed by atoms with Gasteiger partial charge in [0, 0.05) is 12.2 Å². The molecule has 1 atom stereocenters. The molecule has 0 aromatic heterocycles. The van der Waals surface area contributed by atoms with E-state index in [4.69, 9.17) is 4.74 Å². The summed E-state index contributed by atoms with van der Waals surface area (Å²) in [6, 6.07) is 9.14. The molecule has 106 valence electrons. The van der Waals surface area contributed by atoms with Crippen molar-refractivity contribution in [3.63, 3.8) is 0 Å². The van der Waals surface area contributed by atoms with Crippen LogP contribution in [-0.4, -0.2) is 35.9 Å². The number of nitrogens with zero attached hydrogens (tertiary/aromatic N) is 1. The van der Waals surface area contributed by atoms with Crippen molar-refractivity contribution in [3.8, 4) is 0 Å². The van der Waals surface area contributed by atoms with Crippen molar-refractivity contribution in [3.05, 3.63) is 47.7 Å². The zero-order valence-electron chi connectivity index (χ0n) is 10.7. The highest BCUT2D eigenvalue weighted by molar-refractivity contribution is 5.96. The van der Waals surface area contributed by atoms with E-state index in [9.17, 15) is 9.59 Å². The van der Waals surface area contributed by atoms with Gasteiger partial charge in [-0.2, -0.15) is 0 Å². The number of amides is 1. The Morgan fingerprint density at radius 3 is 2.85 bits per heavy atom. The van der Waals surface area contributed by atoms with E-state index in [1.807, 2.05) is 36.4 Å². The number of hydrogen-bond donors (Lipinski definition) is 1. The highest BCUT2D eigenvalue weighted by Gasteiger charge is 2.41. The summed E-state index contributed by atoms with van der Waals surface area (Å²) in [6.07, 6.45) is 1.40. The molecule has 1 aromatic carbocycles. The Balaban J connectivity index is 0.00000147. The molecule has 1 amide bonds. The Labute approximate surface area is 123 Å². The van der Waals surface area contributed by atoms with Gasteiger partial charge in [-0.1, -0.05) is 30.3 Å². The monoisotopic (exact) mass is 294 g/mol. The molecule has 20 heavy (non-hydrogen) atoms. The molecule has 0 saturated carbocycles. The van der Waals surface area contributed by atoms with Gasteiger partial charge in [0.25, 0.3) is 0 Å². The summed E-state index contributed by atoms with van der Waals surface area (Å²) in [5, 5.41) is 3.04. The molecule has 0 radical (unpaired) electrons. The summed E-state index contributed by atoms with van der Waals surface area (Å²) in [5.41, 5.74) is 1.65. The van der Waals surface area contributed by atoms with Gasteiger partial charge >= 0.3 is 6.09 Å². The van der Waals surface area contributed by atoms with E-state index < -0.39 is 6.09 Å². The molecule has 0 bridgehead atoms. The van der Waals surface area contributed by atoms with Crippen molar-refractivity contribution in [2.75, 3.05) is 13.1 Å². The molecule has 6 heteroatoms. The van der Waals surface area contributed by atoms with Gasteiger partial charge in [0.15, 0.2) is 5.78 Å². The number of nitrogens with one attached hydrogen (secondary N) is 1. The maximum atomic E-state index is 12.0. The number of rotatable bonds is 2. The number of ketones is 1. The first-order chi connectivity index (χ1) is 9.25. The van der Waals surface area contributed by atoms with E-state index in [-0.39, 0.29) is 37.4 Å². The van der Waals surface area contributed by atoms with Crippen molar-refractivity contribution < 1.29 is 14.3 Å². The predicted octanol–water partition coefficient (Wildman–Crippen LogP) is 1.49. The lowest BCUT2D eigenvalue weighted by Gasteiger charge is -2.16. The maximum Gasteiger partial charge on any atom is 0.414 e. The van der Waals surface area contributed by atoms with Crippen LogP contribution in [-0.2, 0) is 16.1 Å². The van der Waals surface area contributed by atoms with Crippen LogP contribution in [0.4, 0.5) is 4.79 Å². The second-order valence-electron chi connectivity index (χ2n) is 4.56. The molecule has 5 nitrogen and oxygen atoms in total. The number of hydrogen-bond acceptors (Lipinski definition) is 4. The number of halogens is 1. The van der Waals surface area contributed by atoms with Gasteiger partial charge in [0.1, 0.15) is 12.6 Å². The van der Waals surface area contributed by atoms with Gasteiger partial charge in [0.05, 0.1) is 6.54 Å². The Morgan fingerprint density at radius 2 is 2.10 bits per heavy atom. The van der Waals surface area contributed by atoms with Crippen LogP contribution in [0.2, 0.25) is 0 Å². The Morgan fingerprint density at radius 1 is 1.35 bits per heavy atom. The molecule has 1 N–H and O–H groups in total. The zero-order chi connectivity index (χ0) is 13.2. The van der Waals surface area contributed by atoms with Crippen LogP contribution in [0.1, 0.15) is 5.56 Å². The average Bonchev–Trinajstić information content (AvgIpc) is 3.02. The molecule has 0 spiro atoms. The fourth-order valence-corrected chi connectivity index (χ4v) is 2.35. The van der Waals surface area contributed by atoms with Crippen LogP contribution >= 0.6 is 12.4 Å². The lowest BCUT2D eigenvalue weighted by atomic mass is 10.2. The van der Waals surface area contributed by atoms with Crippen molar-refractivity contribution in [2.45, 2.75) is 12.6 Å². The van der Waals surface area contributed by atoms with Crippen LogP contribution in [0.5, 0.6) is 0 Å². The number of benzene rings is 1. The van der Waals surface area contributed by atoms with E-state index in [1.165, 1.54) is 4.90 Å². The summed E-state index contributed by atoms with van der Waals surface area (Å²) in [4.78, 5) is 25.1. The molecule has 2 aliphatic rings. The normalized spacial score (nSPS) is 20.2. The number of carbonyl (C=O) groups excluding carboxylic acids is 2. The molecular formula is C14H15ClN2O3. The third-order valence-electron chi connectivity index (χ3n) is 3.30. The minimum absolute atomic E-state index is 0. The number of likely N-dealkylation sites (tertiary alicyclic amines) is 1. The molecule has 1 aromatic rings. The topological polar surface area (TPSA) is 58.6 Å². The molecule has 3 rings (SSSR count). The lowest BCUT2D eigenvalue weighted by Crippen LogP contribution is -2.30. The Hall–Kier alpha value is -1.85. The van der Waals surface area contributed by atoms with Gasteiger partial charge in [-0.25, -0.2) is 4.79 Å². The van der Waals surface area contributed by atoms with E-state index in [0.29, 0.717) is 6.54 Å². The van der Waals surface area contributed by atoms with Gasteiger partial charge in [-0.3, -0.25) is 15.0 Å². The van der Waals surface area contributed by atoms with Crippen LogP contribution in [0, 0.1) is 0 Å². The van der Waals surface area contributed by atoms with E-state index >= 15 is 0 Å². The quantitative estimate of drug-likeness (QED) is 0.898. The second-order valence-corrected chi connectivity index (χ2v) is 4.56. The number of fused-ring (bicyclic) bond motifs is 1. The fourth-order valence-electron chi connectivity index (χ4n) is 2.35. The van der Waals surface area contributed by atoms with E-state index in [2.05, 4.69) is 5.32 Å². The first kappa shape index (κ1) is 14.6. The molecule has 1 saturated heterocycles. The highest BCUT2D eigenvalue weighted by Crippen LogP contribution is 2.23. The van der Waals surface area contributed by atoms with Crippen LogP contribution < -0.4 is 5.32 Å². The van der Waals surface area contributed by atoms with Crippen molar-refractivity contribution in [1.29, 1.82) is 0 Å². The minimum atomic E-state index is -0.463. The first-order valence-corrected chi connectivity index (χ1v) is 6.20. The maximum absolute atomic E-state index is 12.0. The van der Waals surface area contributed by atoms with Crippen molar-refractivity contribution in [1.82, 2.24) is 10.2 Å². The average molecular weight is 295 g/mol. The van der Waals surface area contributed by atoms with Crippen molar-refractivity contribution in [2.24, 2.45) is 0 Å². The van der Waals surface area contributed by atoms with Crippen LogP contribution in [0.25, 0.3) is 0 Å². The van der Waals surface area contributed by atoms with Gasteiger partial charge in [-0.15, -0.1) is 12.4 Å². The third-order valence-corrected chi connectivity index (χ3v) is 3.30. The molecule has 2 aliphatic heterocycles. The summed E-state index contributed by atoms with van der Waals surface area (Å²) >= 11 is 0. The van der Waals surface area contributed by atoms with Gasteiger partial charge in [0.2, 0.25) is 0 Å². The van der Waals surface area contributed by atoms with Crippen LogP contribution in [0.15, 0.2) is 42.1 Å². The first-order valence-electron chi connectivity index (χ1n) is 6.20. The molecule has 1 fully saturated rings. The number of ether oxygens (including phenoxy) is 1. The van der Waals surface area contributed by atoms with Crippen LogP contribution in [0.3, 0.4) is 0 Å². The molecule has 1 unspecified atom stereocenters. The molecule has 2 heterocycles. The predicted molar refractivity (Wildman–Crippen MR) is 75.5 cm³/mol. The van der Waals surface area contributed by atoms with Gasteiger partial charge in [-0.05, 0) is 11.6 Å². The minimum Gasteiger partial charge on any atom is -0.444 e. The standard InChI is InChI=1S/C14H14N2O3.ClH/c17-12-8-16(11-6-7-15-13(11)12)14(18)19-9-10-4-2-1-3-5-10;/h1-6,13,15H,7-9H2;1H.